The van der Waals surface area contributed by atoms with E-state index >= 15 is 0 Å². The molecule has 0 amide bonds. The number of hydrogen-bond donors (Lipinski definition) is 0. The van der Waals surface area contributed by atoms with Crippen molar-refractivity contribution in [1.82, 2.24) is 0 Å². The Morgan fingerprint density at radius 2 is 2.18 bits per heavy atom. The highest BCUT2D eigenvalue weighted by Crippen LogP contribution is 2.26. The molecule has 1 heterocycles. The fourth-order valence-corrected chi connectivity index (χ4v) is 1.95. The third-order valence-electron chi connectivity index (χ3n) is 3.11. The van der Waals surface area contributed by atoms with Crippen LogP contribution in [0, 0.1) is 12.8 Å². The largest absolute Gasteiger partial charge is 0.496 e. The Morgan fingerprint density at radius 3 is 2.76 bits per heavy atom. The van der Waals surface area contributed by atoms with Crippen molar-refractivity contribution < 1.29 is 9.47 Å². The summed E-state index contributed by atoms with van der Waals surface area (Å²) >= 11 is 0. The lowest BCUT2D eigenvalue weighted by atomic mass is 10.1. The van der Waals surface area contributed by atoms with Crippen molar-refractivity contribution in [1.29, 1.82) is 0 Å². The lowest BCUT2D eigenvalue weighted by Gasteiger charge is -2.10. The number of methoxy groups -OCH3 is 1. The number of benzene rings is 1. The van der Waals surface area contributed by atoms with Crippen molar-refractivity contribution in [3.05, 3.63) is 29.3 Å². The first-order valence-corrected chi connectivity index (χ1v) is 5.98. The number of rotatable bonds is 3. The van der Waals surface area contributed by atoms with E-state index in [9.17, 15) is 0 Å². The van der Waals surface area contributed by atoms with E-state index in [1.165, 1.54) is 0 Å². The first-order valence-electron chi connectivity index (χ1n) is 5.98. The van der Waals surface area contributed by atoms with Crippen LogP contribution in [-0.2, 0) is 4.74 Å². The molecule has 1 aliphatic heterocycles. The van der Waals surface area contributed by atoms with Gasteiger partial charge in [0, 0.05) is 0 Å². The SMILES string of the molecule is COc1cccc(C)c1C1=N[C@@H](C(C)C)CO1. The molecule has 92 valence electrons. The zero-order valence-electron chi connectivity index (χ0n) is 10.9. The summed E-state index contributed by atoms with van der Waals surface area (Å²) in [6.45, 7) is 7.04. The minimum Gasteiger partial charge on any atom is -0.496 e. The molecule has 0 saturated heterocycles. The van der Waals surface area contributed by atoms with E-state index in [1.54, 1.807) is 7.11 Å². The van der Waals surface area contributed by atoms with Gasteiger partial charge in [0.1, 0.15) is 12.4 Å². The van der Waals surface area contributed by atoms with Gasteiger partial charge in [-0.25, -0.2) is 4.99 Å². The standard InChI is InChI=1S/C14H19NO2/c1-9(2)11-8-17-14(15-11)13-10(3)6-5-7-12(13)16-4/h5-7,9,11H,8H2,1-4H3/t11-/m1/s1. The van der Waals surface area contributed by atoms with Crippen LogP contribution in [0.2, 0.25) is 0 Å². The summed E-state index contributed by atoms with van der Waals surface area (Å²) in [4.78, 5) is 4.64. The van der Waals surface area contributed by atoms with Crippen molar-refractivity contribution >= 4 is 5.90 Å². The van der Waals surface area contributed by atoms with Gasteiger partial charge in [0.15, 0.2) is 0 Å². The second kappa shape index (κ2) is 4.78. The van der Waals surface area contributed by atoms with E-state index < -0.39 is 0 Å². The highest BCUT2D eigenvalue weighted by molar-refractivity contribution is 5.99. The van der Waals surface area contributed by atoms with E-state index in [0.29, 0.717) is 12.5 Å². The molecule has 1 aliphatic rings. The number of aliphatic imine (C=N–C) groups is 1. The van der Waals surface area contributed by atoms with Crippen LogP contribution in [0.1, 0.15) is 25.0 Å². The minimum atomic E-state index is 0.259. The second-order valence-electron chi connectivity index (χ2n) is 4.71. The molecule has 1 aromatic rings. The van der Waals surface area contributed by atoms with Crippen molar-refractivity contribution in [3.63, 3.8) is 0 Å². The quantitative estimate of drug-likeness (QED) is 0.803. The first-order chi connectivity index (χ1) is 8.13. The number of ether oxygens (including phenoxy) is 2. The van der Waals surface area contributed by atoms with Crippen molar-refractivity contribution in [2.75, 3.05) is 13.7 Å². The van der Waals surface area contributed by atoms with Gasteiger partial charge in [-0.15, -0.1) is 0 Å². The first kappa shape index (κ1) is 12.0. The molecule has 0 radical (unpaired) electrons. The van der Waals surface area contributed by atoms with Gasteiger partial charge in [0.05, 0.1) is 18.7 Å². The smallest absolute Gasteiger partial charge is 0.220 e. The van der Waals surface area contributed by atoms with Gasteiger partial charge in [-0.3, -0.25) is 0 Å². The molecule has 0 fully saturated rings. The van der Waals surface area contributed by atoms with Gasteiger partial charge >= 0.3 is 0 Å². The molecule has 0 aliphatic carbocycles. The van der Waals surface area contributed by atoms with Crippen LogP contribution in [0.25, 0.3) is 0 Å². The molecule has 0 N–H and O–H groups in total. The predicted molar refractivity (Wildman–Crippen MR) is 68.8 cm³/mol. The Morgan fingerprint density at radius 1 is 1.41 bits per heavy atom. The molecule has 17 heavy (non-hydrogen) atoms. The summed E-state index contributed by atoms with van der Waals surface area (Å²) in [7, 11) is 1.67. The molecule has 0 bridgehead atoms. The van der Waals surface area contributed by atoms with Gasteiger partial charge in [-0.05, 0) is 24.5 Å². The van der Waals surface area contributed by atoms with Gasteiger partial charge in [-0.1, -0.05) is 26.0 Å². The van der Waals surface area contributed by atoms with Crippen LogP contribution in [0.15, 0.2) is 23.2 Å². The Hall–Kier alpha value is -1.51. The molecule has 0 aromatic heterocycles. The molecule has 2 rings (SSSR count). The average Bonchev–Trinajstić information content (AvgIpc) is 2.77. The zero-order chi connectivity index (χ0) is 12.4. The Bertz CT molecular complexity index is 438. The van der Waals surface area contributed by atoms with E-state index in [0.717, 1.165) is 22.8 Å². The van der Waals surface area contributed by atoms with Crippen LogP contribution < -0.4 is 4.74 Å². The van der Waals surface area contributed by atoms with Crippen molar-refractivity contribution in [3.8, 4) is 5.75 Å². The highest BCUT2D eigenvalue weighted by Gasteiger charge is 2.25. The normalized spacial score (nSPS) is 19.1. The Balaban J connectivity index is 2.38. The molecule has 1 aromatic carbocycles. The number of nitrogens with zero attached hydrogens (tertiary/aromatic N) is 1. The molecule has 3 nitrogen and oxygen atoms in total. The molecule has 0 spiro atoms. The predicted octanol–water partition coefficient (Wildman–Crippen LogP) is 2.81. The maximum Gasteiger partial charge on any atom is 0.220 e. The van der Waals surface area contributed by atoms with Crippen LogP contribution in [-0.4, -0.2) is 25.7 Å². The monoisotopic (exact) mass is 233 g/mol. The fourth-order valence-electron chi connectivity index (χ4n) is 1.95. The van der Waals surface area contributed by atoms with Gasteiger partial charge in [-0.2, -0.15) is 0 Å². The maximum absolute atomic E-state index is 5.71. The average molecular weight is 233 g/mol. The lowest BCUT2D eigenvalue weighted by Crippen LogP contribution is -2.13. The molecular formula is C14H19NO2. The van der Waals surface area contributed by atoms with Gasteiger partial charge in [0.2, 0.25) is 5.90 Å². The van der Waals surface area contributed by atoms with E-state index in [4.69, 9.17) is 9.47 Å². The van der Waals surface area contributed by atoms with Crippen LogP contribution in [0.5, 0.6) is 5.75 Å². The molecule has 3 heteroatoms. The minimum absolute atomic E-state index is 0.259. The van der Waals surface area contributed by atoms with Gasteiger partial charge in [0.25, 0.3) is 0 Å². The van der Waals surface area contributed by atoms with Crippen molar-refractivity contribution in [2.45, 2.75) is 26.8 Å². The molecular weight excluding hydrogens is 214 g/mol. The molecule has 1 atom stereocenters. The Labute approximate surface area is 102 Å². The zero-order valence-corrected chi connectivity index (χ0v) is 10.9. The summed E-state index contributed by atoms with van der Waals surface area (Å²) in [5, 5.41) is 0. The second-order valence-corrected chi connectivity index (χ2v) is 4.71. The lowest BCUT2D eigenvalue weighted by molar-refractivity contribution is 0.290. The third kappa shape index (κ3) is 2.28. The topological polar surface area (TPSA) is 30.8 Å². The van der Waals surface area contributed by atoms with Gasteiger partial charge < -0.3 is 9.47 Å². The summed E-state index contributed by atoms with van der Waals surface area (Å²) in [5.41, 5.74) is 2.12. The number of hydrogen-bond acceptors (Lipinski definition) is 3. The molecule has 0 saturated carbocycles. The summed E-state index contributed by atoms with van der Waals surface area (Å²) in [6, 6.07) is 6.23. The van der Waals surface area contributed by atoms with E-state index in [-0.39, 0.29) is 6.04 Å². The van der Waals surface area contributed by atoms with Crippen LogP contribution >= 0.6 is 0 Å². The van der Waals surface area contributed by atoms with Crippen LogP contribution in [0.3, 0.4) is 0 Å². The van der Waals surface area contributed by atoms with Crippen LogP contribution in [0.4, 0.5) is 0 Å². The highest BCUT2D eigenvalue weighted by atomic mass is 16.5. The van der Waals surface area contributed by atoms with Crippen molar-refractivity contribution in [2.24, 2.45) is 10.9 Å². The summed E-state index contributed by atoms with van der Waals surface area (Å²) < 4.78 is 11.1. The third-order valence-corrected chi connectivity index (χ3v) is 3.11. The molecule has 0 unspecified atom stereocenters. The Kier molecular flexibility index (Phi) is 3.36. The number of aryl methyl sites for hydroxylation is 1. The maximum atomic E-state index is 5.71. The van der Waals surface area contributed by atoms with E-state index in [1.807, 2.05) is 25.1 Å². The summed E-state index contributed by atoms with van der Waals surface area (Å²) in [6.07, 6.45) is 0. The fraction of sp³-hybridized carbons (Fsp3) is 0.500. The van der Waals surface area contributed by atoms with E-state index in [2.05, 4.69) is 18.8 Å². The summed E-state index contributed by atoms with van der Waals surface area (Å²) in [5.74, 6) is 2.05.